The Hall–Kier alpha value is -4.56. The van der Waals surface area contributed by atoms with Gasteiger partial charge >= 0.3 is 5.69 Å². The first kappa shape index (κ1) is 21.0. The third-order valence-corrected chi connectivity index (χ3v) is 6.20. The highest BCUT2D eigenvalue weighted by molar-refractivity contribution is 5.79. The van der Waals surface area contributed by atoms with E-state index < -0.39 is 11.9 Å². The number of rotatable bonds is 4. The molecule has 174 valence electrons. The Kier molecular flexibility index (Phi) is 4.82. The van der Waals surface area contributed by atoms with E-state index in [0.29, 0.717) is 52.1 Å². The van der Waals surface area contributed by atoms with Crippen molar-refractivity contribution in [3.05, 3.63) is 76.4 Å². The Labute approximate surface area is 197 Å². The van der Waals surface area contributed by atoms with Crippen molar-refractivity contribution in [3.63, 3.8) is 0 Å². The van der Waals surface area contributed by atoms with Gasteiger partial charge < -0.3 is 9.84 Å². The Morgan fingerprint density at radius 1 is 1.20 bits per heavy atom. The number of aliphatic hydroxyl groups excluding tert-OH is 1. The van der Waals surface area contributed by atoms with Crippen LogP contribution in [0.1, 0.15) is 23.6 Å². The summed E-state index contributed by atoms with van der Waals surface area (Å²) in [5, 5.41) is 18.9. The summed E-state index contributed by atoms with van der Waals surface area (Å²) in [6.45, 7) is 0.144. The number of aromatic nitrogens is 6. The second kappa shape index (κ2) is 8.03. The zero-order valence-electron chi connectivity index (χ0n) is 18.3. The van der Waals surface area contributed by atoms with E-state index in [4.69, 9.17) is 9.72 Å². The third-order valence-electron chi connectivity index (χ3n) is 6.20. The third kappa shape index (κ3) is 3.26. The summed E-state index contributed by atoms with van der Waals surface area (Å²) in [5.41, 5.74) is 2.94. The Morgan fingerprint density at radius 3 is 2.91 bits per heavy atom. The maximum absolute atomic E-state index is 13.8. The normalized spacial score (nSPS) is 15.2. The van der Waals surface area contributed by atoms with Crippen LogP contribution >= 0.6 is 0 Å². The average molecular weight is 471 g/mol. The summed E-state index contributed by atoms with van der Waals surface area (Å²) >= 11 is 0. The van der Waals surface area contributed by atoms with Crippen LogP contribution in [0.2, 0.25) is 0 Å². The summed E-state index contributed by atoms with van der Waals surface area (Å²) < 4.78 is 24.1. The summed E-state index contributed by atoms with van der Waals surface area (Å²) in [5.74, 6) is 0.235. The maximum Gasteiger partial charge on any atom is 0.331 e. The lowest BCUT2D eigenvalue weighted by Gasteiger charge is -2.26. The lowest BCUT2D eigenvalue weighted by atomic mass is 10.0. The predicted octanol–water partition coefficient (Wildman–Crippen LogP) is 2.31. The van der Waals surface area contributed by atoms with E-state index >= 15 is 0 Å². The van der Waals surface area contributed by atoms with Crippen molar-refractivity contribution in [2.24, 2.45) is 0 Å². The van der Waals surface area contributed by atoms with Gasteiger partial charge in [0.15, 0.2) is 5.65 Å². The molecular weight excluding hydrogens is 453 g/mol. The van der Waals surface area contributed by atoms with Gasteiger partial charge in [0.25, 0.3) is 0 Å². The topological polar surface area (TPSA) is 124 Å². The van der Waals surface area contributed by atoms with Gasteiger partial charge in [-0.3, -0.25) is 13.7 Å². The molecule has 0 fully saturated rings. The predicted molar refractivity (Wildman–Crippen MR) is 123 cm³/mol. The van der Waals surface area contributed by atoms with E-state index in [2.05, 4.69) is 16.0 Å². The number of halogens is 1. The summed E-state index contributed by atoms with van der Waals surface area (Å²) in [4.78, 5) is 27.1. The Bertz CT molecular complexity index is 1710. The molecule has 0 spiro atoms. The summed E-state index contributed by atoms with van der Waals surface area (Å²) in [7, 11) is 0. The van der Waals surface area contributed by atoms with Gasteiger partial charge in [-0.15, -0.1) is 0 Å². The average Bonchev–Trinajstić information content (AvgIpc) is 3.41. The lowest BCUT2D eigenvalue weighted by molar-refractivity contribution is 0.252. The van der Waals surface area contributed by atoms with E-state index in [1.165, 1.54) is 22.9 Å². The first-order valence-corrected chi connectivity index (χ1v) is 11.0. The van der Waals surface area contributed by atoms with Crippen LogP contribution < -0.4 is 10.4 Å². The molecule has 0 saturated heterocycles. The molecule has 10 nitrogen and oxygen atoms in total. The molecule has 11 heteroatoms. The minimum Gasteiger partial charge on any atom is -0.493 e. The van der Waals surface area contributed by atoms with Gasteiger partial charge in [-0.2, -0.15) is 10.2 Å². The molecule has 3 aromatic heterocycles. The van der Waals surface area contributed by atoms with Gasteiger partial charge in [0.2, 0.25) is 5.95 Å². The molecule has 1 aliphatic rings. The highest BCUT2D eigenvalue weighted by Crippen LogP contribution is 2.36. The van der Waals surface area contributed by atoms with Gasteiger partial charge in [0.05, 0.1) is 54.7 Å². The number of hydrogen-bond acceptors (Lipinski definition) is 7. The van der Waals surface area contributed by atoms with Gasteiger partial charge in [0.1, 0.15) is 23.4 Å². The van der Waals surface area contributed by atoms with Crippen molar-refractivity contribution in [1.82, 2.24) is 28.7 Å². The molecule has 0 radical (unpaired) electrons. The van der Waals surface area contributed by atoms with Crippen molar-refractivity contribution in [1.29, 1.82) is 5.26 Å². The van der Waals surface area contributed by atoms with Crippen LogP contribution in [-0.4, -0.2) is 47.0 Å². The van der Waals surface area contributed by atoms with Crippen molar-refractivity contribution in [2.75, 3.05) is 13.2 Å². The number of ether oxygens (including phenoxy) is 1. The van der Waals surface area contributed by atoms with E-state index in [9.17, 15) is 19.6 Å². The highest BCUT2D eigenvalue weighted by atomic mass is 19.1. The summed E-state index contributed by atoms with van der Waals surface area (Å²) in [6.07, 6.45) is 3.58. The van der Waals surface area contributed by atoms with Crippen molar-refractivity contribution in [3.8, 4) is 17.8 Å². The van der Waals surface area contributed by atoms with Gasteiger partial charge in [-0.25, -0.2) is 19.2 Å². The second-order valence-electron chi connectivity index (χ2n) is 8.17. The monoisotopic (exact) mass is 471 g/mol. The molecule has 1 atom stereocenters. The second-order valence-corrected chi connectivity index (χ2v) is 8.17. The number of fused-ring (bicyclic) bond motifs is 3. The molecule has 5 aromatic rings. The minimum atomic E-state index is -0.443. The molecule has 0 saturated carbocycles. The largest absolute Gasteiger partial charge is 0.493 e. The first-order valence-electron chi connectivity index (χ1n) is 11.0. The van der Waals surface area contributed by atoms with Crippen LogP contribution in [0.5, 0.6) is 5.75 Å². The van der Waals surface area contributed by atoms with Gasteiger partial charge in [-0.1, -0.05) is 6.07 Å². The van der Waals surface area contributed by atoms with Crippen molar-refractivity contribution >= 4 is 22.2 Å². The van der Waals surface area contributed by atoms with Crippen LogP contribution in [0.4, 0.5) is 4.39 Å². The van der Waals surface area contributed by atoms with E-state index in [1.807, 2.05) is 0 Å². The molecule has 0 aliphatic carbocycles. The zero-order chi connectivity index (χ0) is 24.1. The lowest BCUT2D eigenvalue weighted by Crippen LogP contribution is -2.31. The molecule has 0 unspecified atom stereocenters. The van der Waals surface area contributed by atoms with Gasteiger partial charge in [-0.05, 0) is 24.3 Å². The minimum absolute atomic E-state index is 0.0735. The summed E-state index contributed by atoms with van der Waals surface area (Å²) in [6, 6.07) is 11.1. The molecule has 0 amide bonds. The number of benzene rings is 2. The first-order chi connectivity index (χ1) is 17.1. The quantitative estimate of drug-likeness (QED) is 0.427. The van der Waals surface area contributed by atoms with Crippen molar-refractivity contribution < 1.29 is 14.2 Å². The number of imidazole rings is 2. The van der Waals surface area contributed by atoms with Crippen LogP contribution in [0.15, 0.2) is 53.7 Å². The SMILES string of the molecule is N#Cc1ccc2ncn(-c3ncc4c(n3)n([C@@H]3CCOc5cc(F)ccc53)c(=O)n4CCO)c2c1. The van der Waals surface area contributed by atoms with Crippen LogP contribution in [0.3, 0.4) is 0 Å². The Balaban J connectivity index is 1.59. The fraction of sp³-hybridized carbons (Fsp3) is 0.208. The fourth-order valence-electron chi connectivity index (χ4n) is 4.61. The smallest absolute Gasteiger partial charge is 0.331 e. The van der Waals surface area contributed by atoms with Crippen molar-refractivity contribution in [2.45, 2.75) is 19.0 Å². The number of nitrogens with zero attached hydrogens (tertiary/aromatic N) is 7. The fourth-order valence-corrected chi connectivity index (χ4v) is 4.61. The number of hydrogen-bond donors (Lipinski definition) is 1. The number of nitriles is 1. The van der Waals surface area contributed by atoms with E-state index in [-0.39, 0.29) is 24.8 Å². The van der Waals surface area contributed by atoms with E-state index in [1.54, 1.807) is 39.7 Å². The number of aliphatic hydroxyl groups is 1. The Morgan fingerprint density at radius 2 is 2.09 bits per heavy atom. The highest BCUT2D eigenvalue weighted by Gasteiger charge is 2.29. The zero-order valence-corrected chi connectivity index (χ0v) is 18.3. The molecule has 0 bridgehead atoms. The maximum atomic E-state index is 13.8. The van der Waals surface area contributed by atoms with Crippen LogP contribution in [-0.2, 0) is 6.54 Å². The molecule has 1 N–H and O–H groups in total. The van der Waals surface area contributed by atoms with E-state index in [0.717, 1.165) is 0 Å². The van der Waals surface area contributed by atoms with Crippen LogP contribution in [0.25, 0.3) is 28.1 Å². The molecule has 4 heterocycles. The molecule has 1 aliphatic heterocycles. The molecule has 6 rings (SSSR count). The van der Waals surface area contributed by atoms with Crippen LogP contribution in [0, 0.1) is 17.1 Å². The molecular formula is C24H18FN7O3. The van der Waals surface area contributed by atoms with Gasteiger partial charge in [0, 0.05) is 18.1 Å². The molecule has 2 aromatic carbocycles. The standard InChI is InChI=1S/C24H18FN7O3/c25-15-2-3-16-18(5-8-35-21(16)10-15)32-22-20(30(6-7-33)24(32)34)12-27-23(29-22)31-13-28-17-4-1-14(11-26)9-19(17)31/h1-4,9-10,12-13,18,33H,5-8H2/t18-/m1/s1. The molecule has 35 heavy (non-hydrogen) atoms.